The number of halogens is 1. The second-order valence-electron chi connectivity index (χ2n) is 4.68. The Bertz CT molecular complexity index is 534. The molecule has 114 valence electrons. The maximum atomic E-state index is 13.4. The van der Waals surface area contributed by atoms with Crippen LogP contribution in [0.3, 0.4) is 0 Å². The maximum Gasteiger partial charge on any atom is 0.284 e. The molecule has 0 spiro atoms. The van der Waals surface area contributed by atoms with Crippen LogP contribution in [0.15, 0.2) is 35.7 Å². The van der Waals surface area contributed by atoms with E-state index in [0.717, 1.165) is 0 Å². The van der Waals surface area contributed by atoms with E-state index in [-0.39, 0.29) is 12.5 Å². The molecular formula is C15H19FN2O3. The molecule has 0 bridgehead atoms. The first kappa shape index (κ1) is 16.8. The third kappa shape index (κ3) is 5.35. The van der Waals surface area contributed by atoms with Crippen LogP contribution in [0.4, 0.5) is 10.1 Å². The zero-order valence-electron chi connectivity index (χ0n) is 12.1. The molecule has 1 rings (SSSR count). The minimum Gasteiger partial charge on any atom is -0.396 e. The van der Waals surface area contributed by atoms with Crippen LogP contribution in [0.5, 0.6) is 0 Å². The molecule has 0 atom stereocenters. The van der Waals surface area contributed by atoms with Crippen LogP contribution in [0.1, 0.15) is 30.6 Å². The highest BCUT2D eigenvalue weighted by Crippen LogP contribution is 2.13. The Morgan fingerprint density at radius 2 is 1.81 bits per heavy atom. The fourth-order valence-electron chi connectivity index (χ4n) is 1.50. The summed E-state index contributed by atoms with van der Waals surface area (Å²) in [6, 6.07) is 6.11. The van der Waals surface area contributed by atoms with E-state index < -0.39 is 11.7 Å². The van der Waals surface area contributed by atoms with Gasteiger partial charge in [-0.1, -0.05) is 0 Å². The van der Waals surface area contributed by atoms with Gasteiger partial charge in [0.1, 0.15) is 0 Å². The number of anilines is 1. The van der Waals surface area contributed by atoms with Crippen molar-refractivity contribution in [3.05, 3.63) is 41.2 Å². The smallest absolute Gasteiger partial charge is 0.284 e. The van der Waals surface area contributed by atoms with Gasteiger partial charge >= 0.3 is 0 Å². The van der Waals surface area contributed by atoms with E-state index in [2.05, 4.69) is 10.6 Å². The number of benzene rings is 1. The first-order valence-corrected chi connectivity index (χ1v) is 6.59. The van der Waals surface area contributed by atoms with Gasteiger partial charge in [-0.05, 0) is 50.1 Å². The topological polar surface area (TPSA) is 78.4 Å². The Morgan fingerprint density at radius 1 is 1.19 bits per heavy atom. The molecule has 0 saturated carbocycles. The van der Waals surface area contributed by atoms with E-state index in [1.165, 1.54) is 38.1 Å². The highest BCUT2D eigenvalue weighted by atomic mass is 19.1. The van der Waals surface area contributed by atoms with Crippen molar-refractivity contribution in [2.45, 2.75) is 20.3 Å². The summed E-state index contributed by atoms with van der Waals surface area (Å²) in [7, 11) is 0. The summed E-state index contributed by atoms with van der Waals surface area (Å²) < 4.78 is 13.4. The maximum absolute atomic E-state index is 13.4. The third-order valence-electron chi connectivity index (χ3n) is 2.66. The van der Waals surface area contributed by atoms with Crippen molar-refractivity contribution in [2.75, 3.05) is 18.5 Å². The number of aliphatic hydroxyl groups is 1. The standard InChI is InChI=1S/C15H19FN2O3/c1-10(2)13(16)15(21)18-12-6-4-11(5-7-12)14(20)17-8-3-9-19/h4-7,19H,3,8-9H2,1-2H3,(H,17,20)(H,18,21). The molecular weight excluding hydrogens is 275 g/mol. The molecule has 0 saturated heterocycles. The number of rotatable bonds is 6. The van der Waals surface area contributed by atoms with Crippen molar-refractivity contribution >= 4 is 17.5 Å². The van der Waals surface area contributed by atoms with Crippen molar-refractivity contribution in [3.8, 4) is 0 Å². The van der Waals surface area contributed by atoms with Gasteiger partial charge in [-0.3, -0.25) is 9.59 Å². The van der Waals surface area contributed by atoms with E-state index in [1.807, 2.05) is 0 Å². The average molecular weight is 294 g/mol. The van der Waals surface area contributed by atoms with Crippen molar-refractivity contribution < 1.29 is 19.1 Å². The lowest BCUT2D eigenvalue weighted by molar-refractivity contribution is -0.114. The summed E-state index contributed by atoms with van der Waals surface area (Å²) in [5.41, 5.74) is 1.13. The average Bonchev–Trinajstić information content (AvgIpc) is 2.47. The predicted molar refractivity (Wildman–Crippen MR) is 78.6 cm³/mol. The molecule has 3 N–H and O–H groups in total. The molecule has 0 heterocycles. The fraction of sp³-hybridized carbons (Fsp3) is 0.333. The van der Waals surface area contributed by atoms with Crippen LogP contribution in [0, 0.1) is 0 Å². The number of nitrogens with one attached hydrogen (secondary N) is 2. The third-order valence-corrected chi connectivity index (χ3v) is 2.66. The van der Waals surface area contributed by atoms with E-state index >= 15 is 0 Å². The van der Waals surface area contributed by atoms with Crippen molar-refractivity contribution in [3.63, 3.8) is 0 Å². The molecule has 0 radical (unpaired) electrons. The van der Waals surface area contributed by atoms with E-state index in [1.54, 1.807) is 0 Å². The van der Waals surface area contributed by atoms with Gasteiger partial charge in [0.05, 0.1) is 0 Å². The van der Waals surface area contributed by atoms with Gasteiger partial charge in [0.25, 0.3) is 11.8 Å². The van der Waals surface area contributed by atoms with Gasteiger partial charge in [-0.15, -0.1) is 0 Å². The van der Waals surface area contributed by atoms with Crippen LogP contribution in [-0.2, 0) is 4.79 Å². The largest absolute Gasteiger partial charge is 0.396 e. The van der Waals surface area contributed by atoms with Gasteiger partial charge < -0.3 is 15.7 Å². The molecule has 6 heteroatoms. The SMILES string of the molecule is CC(C)=C(F)C(=O)Nc1ccc(C(=O)NCCCO)cc1. The summed E-state index contributed by atoms with van der Waals surface area (Å²) in [6.45, 7) is 3.42. The van der Waals surface area contributed by atoms with Gasteiger partial charge in [-0.2, -0.15) is 0 Å². The van der Waals surface area contributed by atoms with Gasteiger partial charge in [0.2, 0.25) is 0 Å². The number of aliphatic hydroxyl groups excluding tert-OH is 1. The first-order chi connectivity index (χ1) is 9.95. The van der Waals surface area contributed by atoms with Gasteiger partial charge in [0.15, 0.2) is 5.83 Å². The zero-order chi connectivity index (χ0) is 15.8. The Kier molecular flexibility index (Phi) is 6.55. The molecule has 1 aromatic carbocycles. The van der Waals surface area contributed by atoms with E-state index in [0.29, 0.717) is 29.8 Å². The van der Waals surface area contributed by atoms with Crippen molar-refractivity contribution in [2.24, 2.45) is 0 Å². The lowest BCUT2D eigenvalue weighted by Crippen LogP contribution is -2.25. The van der Waals surface area contributed by atoms with Crippen LogP contribution in [0.25, 0.3) is 0 Å². The lowest BCUT2D eigenvalue weighted by atomic mass is 10.2. The molecule has 1 aromatic rings. The Hall–Kier alpha value is -2.21. The molecule has 0 aliphatic heterocycles. The number of carbonyl (C=O) groups is 2. The van der Waals surface area contributed by atoms with Crippen molar-refractivity contribution in [1.82, 2.24) is 5.32 Å². The Morgan fingerprint density at radius 3 is 2.33 bits per heavy atom. The zero-order valence-corrected chi connectivity index (χ0v) is 12.1. The highest BCUT2D eigenvalue weighted by molar-refractivity contribution is 6.03. The molecule has 0 fully saturated rings. The quantitative estimate of drug-likeness (QED) is 0.554. The lowest BCUT2D eigenvalue weighted by Gasteiger charge is -2.07. The van der Waals surface area contributed by atoms with Gasteiger partial charge in [-0.25, -0.2) is 4.39 Å². The van der Waals surface area contributed by atoms with Crippen LogP contribution in [0.2, 0.25) is 0 Å². The van der Waals surface area contributed by atoms with Gasteiger partial charge in [0, 0.05) is 24.4 Å². The molecule has 0 unspecified atom stereocenters. The number of hydrogen-bond acceptors (Lipinski definition) is 3. The number of hydrogen-bond donors (Lipinski definition) is 3. The normalized spacial score (nSPS) is 9.90. The minimum atomic E-state index is -0.819. The van der Waals surface area contributed by atoms with Crippen LogP contribution < -0.4 is 10.6 Å². The van der Waals surface area contributed by atoms with Crippen LogP contribution >= 0.6 is 0 Å². The summed E-state index contributed by atoms with van der Waals surface area (Å²) in [4.78, 5) is 23.2. The molecule has 2 amide bonds. The molecule has 0 aromatic heterocycles. The molecule has 5 nitrogen and oxygen atoms in total. The summed E-state index contributed by atoms with van der Waals surface area (Å²) in [5.74, 6) is -1.90. The number of carbonyl (C=O) groups excluding carboxylic acids is 2. The number of allylic oxidation sites excluding steroid dienone is 1. The molecule has 0 aliphatic carbocycles. The van der Waals surface area contributed by atoms with Crippen LogP contribution in [-0.4, -0.2) is 30.1 Å². The minimum absolute atomic E-state index is 0.0151. The fourth-order valence-corrected chi connectivity index (χ4v) is 1.50. The highest BCUT2D eigenvalue weighted by Gasteiger charge is 2.11. The van der Waals surface area contributed by atoms with E-state index in [4.69, 9.17) is 5.11 Å². The predicted octanol–water partition coefficient (Wildman–Crippen LogP) is 2.00. The summed E-state index contributed by atoms with van der Waals surface area (Å²) in [5, 5.41) is 13.7. The second kappa shape index (κ2) is 8.16. The second-order valence-corrected chi connectivity index (χ2v) is 4.68. The number of amides is 2. The van der Waals surface area contributed by atoms with E-state index in [9.17, 15) is 14.0 Å². The molecule has 0 aliphatic rings. The summed E-state index contributed by atoms with van der Waals surface area (Å²) in [6.07, 6.45) is 0.488. The summed E-state index contributed by atoms with van der Waals surface area (Å²) >= 11 is 0. The Balaban J connectivity index is 2.64. The molecule has 21 heavy (non-hydrogen) atoms. The first-order valence-electron chi connectivity index (χ1n) is 6.59. The van der Waals surface area contributed by atoms with Crippen molar-refractivity contribution in [1.29, 1.82) is 0 Å². The Labute approximate surface area is 122 Å². The monoisotopic (exact) mass is 294 g/mol.